The van der Waals surface area contributed by atoms with Gasteiger partial charge in [-0.1, -0.05) is 50.2 Å². The number of aromatic amines is 1. The molecule has 7 nitrogen and oxygen atoms in total. The lowest BCUT2D eigenvalue weighted by Gasteiger charge is -2.23. The topological polar surface area (TPSA) is 100 Å². The second-order valence-electron chi connectivity index (χ2n) is 7.38. The molecule has 3 rings (SSSR count). The Kier molecular flexibility index (Phi) is 6.51. The second-order valence-corrected chi connectivity index (χ2v) is 7.38. The highest BCUT2D eigenvalue weighted by Gasteiger charge is 2.30. The zero-order valence-corrected chi connectivity index (χ0v) is 17.1. The number of hydrogen-bond acceptors (Lipinski definition) is 4. The summed E-state index contributed by atoms with van der Waals surface area (Å²) in [5.74, 6) is -1.19. The lowest BCUT2D eigenvalue weighted by atomic mass is 10.0. The van der Waals surface area contributed by atoms with Crippen LogP contribution in [0.1, 0.15) is 31.1 Å². The number of hydrogen-bond donors (Lipinski definition) is 3. The third-order valence-corrected chi connectivity index (χ3v) is 4.76. The Morgan fingerprint density at radius 3 is 2.30 bits per heavy atom. The molecule has 1 aromatic heterocycles. The molecular weight excluding hydrogens is 382 g/mol. The average Bonchev–Trinajstić information content (AvgIpc) is 3.16. The molecule has 0 aliphatic heterocycles. The van der Waals surface area contributed by atoms with E-state index in [1.165, 1.54) is 6.92 Å². The van der Waals surface area contributed by atoms with Crippen molar-refractivity contribution < 1.29 is 19.1 Å². The molecule has 0 spiro atoms. The predicted octanol–water partition coefficient (Wildman–Crippen LogP) is 4.13. The maximum Gasteiger partial charge on any atom is 0.329 e. The first kappa shape index (κ1) is 21.1. The lowest BCUT2D eigenvalue weighted by Crippen LogP contribution is -2.48. The fourth-order valence-electron chi connectivity index (χ4n) is 3.12. The van der Waals surface area contributed by atoms with Gasteiger partial charge in [0.05, 0.1) is 0 Å². The smallest absolute Gasteiger partial charge is 0.329 e. The molecule has 0 aliphatic rings. The van der Waals surface area contributed by atoms with Crippen LogP contribution in [0.5, 0.6) is 0 Å². The fourth-order valence-corrected chi connectivity index (χ4v) is 3.12. The number of anilines is 1. The number of rotatable bonds is 7. The summed E-state index contributed by atoms with van der Waals surface area (Å²) in [6, 6.07) is 14.9. The summed E-state index contributed by atoms with van der Waals surface area (Å²) in [5, 5.41) is 6.07. The van der Waals surface area contributed by atoms with E-state index >= 15 is 0 Å². The second kappa shape index (κ2) is 9.26. The van der Waals surface area contributed by atoms with Crippen LogP contribution in [0, 0.1) is 5.92 Å². The van der Waals surface area contributed by atoms with Gasteiger partial charge >= 0.3 is 12.0 Å². The van der Waals surface area contributed by atoms with Gasteiger partial charge in [-0.3, -0.25) is 4.79 Å². The number of carbonyl (C=O) groups excluding carboxylic acids is 3. The quantitative estimate of drug-likeness (QED) is 0.405. The van der Waals surface area contributed by atoms with Crippen molar-refractivity contribution in [1.29, 1.82) is 0 Å². The molecule has 2 atom stereocenters. The minimum absolute atomic E-state index is 0.227. The average molecular weight is 407 g/mol. The van der Waals surface area contributed by atoms with Crippen LogP contribution in [0.3, 0.4) is 0 Å². The number of ketones is 1. The van der Waals surface area contributed by atoms with Crippen molar-refractivity contribution in [2.24, 2.45) is 5.92 Å². The minimum atomic E-state index is -0.989. The van der Waals surface area contributed by atoms with Crippen LogP contribution in [0.25, 0.3) is 10.9 Å². The number of H-pyrrole nitrogens is 1. The van der Waals surface area contributed by atoms with E-state index in [4.69, 9.17) is 4.74 Å². The molecule has 1 heterocycles. The molecule has 2 amide bonds. The zero-order chi connectivity index (χ0) is 21.7. The van der Waals surface area contributed by atoms with Crippen LogP contribution >= 0.6 is 0 Å². The maximum atomic E-state index is 12.8. The van der Waals surface area contributed by atoms with Crippen molar-refractivity contribution in [3.63, 3.8) is 0 Å². The van der Waals surface area contributed by atoms with E-state index in [0.717, 1.165) is 10.9 Å². The number of para-hydroxylation sites is 2. The van der Waals surface area contributed by atoms with E-state index in [0.29, 0.717) is 11.3 Å². The Morgan fingerprint density at radius 2 is 1.60 bits per heavy atom. The molecular formula is C23H25N3O4. The van der Waals surface area contributed by atoms with Gasteiger partial charge in [0.25, 0.3) is 0 Å². The minimum Gasteiger partial charge on any atom is -0.453 e. The predicted molar refractivity (Wildman–Crippen MR) is 115 cm³/mol. The van der Waals surface area contributed by atoms with Gasteiger partial charge < -0.3 is 20.4 Å². The number of nitrogens with one attached hydrogen (secondary N) is 3. The van der Waals surface area contributed by atoms with Crippen molar-refractivity contribution >= 4 is 34.4 Å². The van der Waals surface area contributed by atoms with Crippen molar-refractivity contribution in [3.8, 4) is 0 Å². The van der Waals surface area contributed by atoms with Gasteiger partial charge in [0, 0.05) is 28.4 Å². The number of benzene rings is 2. The highest BCUT2D eigenvalue weighted by atomic mass is 16.5. The van der Waals surface area contributed by atoms with Crippen LogP contribution in [0.15, 0.2) is 60.8 Å². The van der Waals surface area contributed by atoms with Crippen molar-refractivity contribution in [2.75, 3.05) is 5.32 Å². The van der Waals surface area contributed by atoms with E-state index in [2.05, 4.69) is 15.6 Å². The zero-order valence-electron chi connectivity index (χ0n) is 17.1. The molecule has 2 aromatic carbocycles. The molecule has 0 aliphatic carbocycles. The molecule has 3 aromatic rings. The number of urea groups is 1. The monoisotopic (exact) mass is 407 g/mol. The molecule has 3 N–H and O–H groups in total. The van der Waals surface area contributed by atoms with Crippen molar-refractivity contribution in [3.05, 3.63) is 66.4 Å². The molecule has 0 radical (unpaired) electrons. The van der Waals surface area contributed by atoms with Crippen molar-refractivity contribution in [2.45, 2.75) is 32.9 Å². The van der Waals surface area contributed by atoms with Gasteiger partial charge in [0.15, 0.2) is 6.10 Å². The van der Waals surface area contributed by atoms with Gasteiger partial charge in [-0.15, -0.1) is 0 Å². The highest BCUT2D eigenvalue weighted by Crippen LogP contribution is 2.20. The first-order valence-electron chi connectivity index (χ1n) is 9.80. The maximum absolute atomic E-state index is 12.8. The number of carbonyl (C=O) groups is 3. The molecule has 156 valence electrons. The van der Waals surface area contributed by atoms with E-state index in [-0.39, 0.29) is 11.7 Å². The Morgan fingerprint density at radius 1 is 0.933 bits per heavy atom. The number of ether oxygens (including phenoxy) is 1. The Labute approximate surface area is 174 Å². The van der Waals surface area contributed by atoms with E-state index in [1.807, 2.05) is 30.3 Å². The summed E-state index contributed by atoms with van der Waals surface area (Å²) in [7, 11) is 0. The molecule has 0 saturated heterocycles. The van der Waals surface area contributed by atoms with Gasteiger partial charge in [-0.2, -0.15) is 0 Å². The third kappa shape index (κ3) is 4.86. The van der Waals surface area contributed by atoms with Crippen LogP contribution < -0.4 is 10.6 Å². The van der Waals surface area contributed by atoms with E-state index < -0.39 is 24.1 Å². The lowest BCUT2D eigenvalue weighted by molar-refractivity contribution is -0.149. The van der Waals surface area contributed by atoms with Crippen LogP contribution in [-0.4, -0.2) is 34.9 Å². The van der Waals surface area contributed by atoms with Crippen molar-refractivity contribution in [1.82, 2.24) is 10.3 Å². The number of fused-ring (bicyclic) bond motifs is 1. The molecule has 0 unspecified atom stereocenters. The summed E-state index contributed by atoms with van der Waals surface area (Å²) in [4.78, 5) is 40.8. The molecule has 30 heavy (non-hydrogen) atoms. The van der Waals surface area contributed by atoms with Gasteiger partial charge in [-0.25, -0.2) is 9.59 Å². The van der Waals surface area contributed by atoms with Gasteiger partial charge in [-0.05, 0) is 31.0 Å². The van der Waals surface area contributed by atoms with Gasteiger partial charge in [0.1, 0.15) is 6.04 Å². The first-order chi connectivity index (χ1) is 14.4. The van der Waals surface area contributed by atoms with Gasteiger partial charge in [0.2, 0.25) is 5.78 Å². The van der Waals surface area contributed by atoms with Crippen LogP contribution in [-0.2, 0) is 9.53 Å². The first-order valence-corrected chi connectivity index (χ1v) is 9.80. The fraction of sp³-hybridized carbons (Fsp3) is 0.261. The summed E-state index contributed by atoms with van der Waals surface area (Å²) in [6.45, 7) is 5.12. The standard InChI is InChI=1S/C23H25N3O4/c1-14(2)20(26-23(29)25-16-9-5-4-6-10-16)22(28)30-15(3)21(27)18-13-24-19-12-8-7-11-17(18)19/h4-15,20,24H,1-3H3,(H2,25,26,29)/t15-,20+/m1/s1. The largest absolute Gasteiger partial charge is 0.453 e. The number of aromatic nitrogens is 1. The number of esters is 1. The number of Topliss-reactive ketones (excluding diaryl/α,β-unsaturated/α-hetero) is 1. The summed E-state index contributed by atoms with van der Waals surface area (Å²) in [6.07, 6.45) is 0.625. The highest BCUT2D eigenvalue weighted by molar-refractivity contribution is 6.10. The summed E-state index contributed by atoms with van der Waals surface area (Å²) >= 11 is 0. The molecule has 0 bridgehead atoms. The summed E-state index contributed by atoms with van der Waals surface area (Å²) < 4.78 is 5.41. The van der Waals surface area contributed by atoms with E-state index in [9.17, 15) is 14.4 Å². The normalized spacial score (nSPS) is 12.9. The molecule has 0 fully saturated rings. The molecule has 0 saturated carbocycles. The third-order valence-electron chi connectivity index (χ3n) is 4.76. The van der Waals surface area contributed by atoms with E-state index in [1.54, 1.807) is 44.3 Å². The van der Waals surface area contributed by atoms with Crippen LogP contribution in [0.2, 0.25) is 0 Å². The Balaban J connectivity index is 1.65. The van der Waals surface area contributed by atoms with Crippen LogP contribution in [0.4, 0.5) is 10.5 Å². The Bertz CT molecular complexity index is 1040. The Hall–Kier alpha value is -3.61. The summed E-state index contributed by atoms with van der Waals surface area (Å²) in [5.41, 5.74) is 1.90. The molecule has 7 heteroatoms. The number of amides is 2. The SMILES string of the molecule is CC(C)[C@H](NC(=O)Nc1ccccc1)C(=O)O[C@H](C)C(=O)c1c[nH]c2ccccc12.